The van der Waals surface area contributed by atoms with Crippen LogP contribution in [0.2, 0.25) is 0 Å². The summed E-state index contributed by atoms with van der Waals surface area (Å²) in [5.74, 6) is 0. The second-order valence-corrected chi connectivity index (χ2v) is 24.5. The van der Waals surface area contributed by atoms with Gasteiger partial charge in [-0.2, -0.15) is 0 Å². The predicted molar refractivity (Wildman–Crippen MR) is 245 cm³/mol. The molecule has 14 nitrogen and oxygen atoms in total. The molecule has 0 atom stereocenters. The van der Waals surface area contributed by atoms with Crippen molar-refractivity contribution in [1.29, 1.82) is 0 Å². The van der Waals surface area contributed by atoms with E-state index in [2.05, 4.69) is 0 Å². The second kappa shape index (κ2) is 16.2. The predicted octanol–water partition coefficient (Wildman–Crippen LogP) is 7.77. The molecule has 4 N–H and O–H groups in total. The van der Waals surface area contributed by atoms with Gasteiger partial charge in [0.25, 0.3) is 0 Å². The van der Waals surface area contributed by atoms with Gasteiger partial charge in [0.05, 0.1) is 0 Å². The Morgan fingerprint density at radius 1 is 0.297 bits per heavy atom. The SMILES string of the molecule is O=S(=O)(O)c1ccc(-c2c3nc(c(-c4ccc(S(=O)(=O)O)cc4)c4ccc([se]4)c(-c4ccc(S(=O)(=O)O)cc4)c4nc(c(-c5ccc(S(=O)(=O)O)cc5)c5ccc2[se]5)C=C4)C=C3)cc1. The van der Waals surface area contributed by atoms with E-state index in [1.165, 1.54) is 48.5 Å². The van der Waals surface area contributed by atoms with Gasteiger partial charge >= 0.3 is 381 Å². The topological polar surface area (TPSA) is 243 Å². The Morgan fingerprint density at radius 3 is 0.656 bits per heavy atom. The van der Waals surface area contributed by atoms with Crippen molar-refractivity contribution in [3.05, 3.63) is 144 Å². The average molecular weight is 1060 g/mol. The van der Waals surface area contributed by atoms with Crippen LogP contribution >= 0.6 is 0 Å². The van der Waals surface area contributed by atoms with Crippen LogP contribution in [-0.4, -0.2) is 90.9 Å². The monoisotopic (exact) mass is 1060 g/mol. The molecule has 0 saturated carbocycles. The van der Waals surface area contributed by atoms with Crippen LogP contribution in [0.15, 0.2) is 141 Å². The minimum atomic E-state index is -4.52. The zero-order valence-electron chi connectivity index (χ0n) is 32.3. The van der Waals surface area contributed by atoms with Crippen molar-refractivity contribution in [1.82, 2.24) is 9.97 Å². The Balaban J connectivity index is 1.44. The van der Waals surface area contributed by atoms with E-state index in [-0.39, 0.29) is 19.6 Å². The average Bonchev–Trinajstić information content (AvgIpc) is 4.08. The van der Waals surface area contributed by atoms with E-state index >= 15 is 0 Å². The fraction of sp³-hybridized carbons (Fsp3) is 0. The molecule has 5 heterocycles. The molecule has 7 aromatic rings. The van der Waals surface area contributed by atoms with Crippen molar-refractivity contribution in [2.45, 2.75) is 19.6 Å². The van der Waals surface area contributed by atoms with Crippen LogP contribution in [0.5, 0.6) is 0 Å². The van der Waals surface area contributed by atoms with Crippen LogP contribution in [0.25, 0.3) is 85.9 Å². The van der Waals surface area contributed by atoms with Gasteiger partial charge in [-0.1, -0.05) is 0 Å². The molecule has 0 saturated heterocycles. The summed E-state index contributed by atoms with van der Waals surface area (Å²) in [6.45, 7) is 0. The minimum absolute atomic E-state index is 0.304. The molecule has 0 amide bonds. The van der Waals surface area contributed by atoms with Gasteiger partial charge in [-0.25, -0.2) is 0 Å². The van der Waals surface area contributed by atoms with E-state index in [1.54, 1.807) is 48.5 Å². The Labute approximate surface area is 378 Å². The summed E-state index contributed by atoms with van der Waals surface area (Å²) in [6.07, 6.45) is 7.26. The number of aromatic nitrogens is 2. The summed E-state index contributed by atoms with van der Waals surface area (Å²) in [5.41, 5.74) is 6.98. The molecule has 0 aliphatic carbocycles. The molecule has 4 aromatic carbocycles. The van der Waals surface area contributed by atoms with Crippen molar-refractivity contribution in [2.75, 3.05) is 0 Å². The van der Waals surface area contributed by atoms with E-state index in [1.807, 2.05) is 48.6 Å². The molecule has 322 valence electrons. The molecule has 9 rings (SSSR count). The van der Waals surface area contributed by atoms with E-state index in [4.69, 9.17) is 9.97 Å². The summed E-state index contributed by atoms with van der Waals surface area (Å²) in [6, 6.07) is 30.5. The first-order valence-electron chi connectivity index (χ1n) is 18.5. The molecule has 0 spiro atoms. The molecule has 2 aliphatic rings. The van der Waals surface area contributed by atoms with E-state index < -0.39 is 69.5 Å². The molecule has 0 unspecified atom stereocenters. The number of fused-ring (bicyclic) bond motifs is 8. The second-order valence-electron chi connectivity index (χ2n) is 14.3. The number of nitrogens with zero attached hydrogens (tertiary/aromatic N) is 2. The maximum atomic E-state index is 12.0. The Morgan fingerprint density at radius 2 is 0.484 bits per heavy atom. The molecule has 2 aliphatic heterocycles. The third-order valence-electron chi connectivity index (χ3n) is 10.3. The van der Waals surface area contributed by atoms with Crippen LogP contribution in [0, 0.1) is 0 Å². The van der Waals surface area contributed by atoms with Gasteiger partial charge in [0.15, 0.2) is 0 Å². The Kier molecular flexibility index (Phi) is 11.1. The zero-order chi connectivity index (χ0) is 45.3. The van der Waals surface area contributed by atoms with Gasteiger partial charge in [-0.05, 0) is 0 Å². The number of benzene rings is 4. The molecule has 64 heavy (non-hydrogen) atoms. The molecular formula is C44H28N2O12S4Se2. The number of hydrogen-bond acceptors (Lipinski definition) is 10. The van der Waals surface area contributed by atoms with Gasteiger partial charge < -0.3 is 0 Å². The van der Waals surface area contributed by atoms with Crippen LogP contribution in [0.3, 0.4) is 0 Å². The van der Waals surface area contributed by atoms with Crippen molar-refractivity contribution < 1.29 is 51.9 Å². The van der Waals surface area contributed by atoms with Crippen LogP contribution in [0.4, 0.5) is 0 Å². The van der Waals surface area contributed by atoms with E-state index in [0.29, 0.717) is 67.3 Å². The van der Waals surface area contributed by atoms with Gasteiger partial charge in [0.2, 0.25) is 0 Å². The normalized spacial score (nSPS) is 13.1. The molecule has 20 heteroatoms. The van der Waals surface area contributed by atoms with E-state index in [9.17, 15) is 51.9 Å². The van der Waals surface area contributed by atoms with Crippen molar-refractivity contribution >= 4 is 111 Å². The fourth-order valence-corrected chi connectivity index (χ4v) is 14.1. The molecule has 0 radical (unpaired) electrons. The first kappa shape index (κ1) is 43.8. The van der Waals surface area contributed by atoms with Crippen molar-refractivity contribution in [2.24, 2.45) is 0 Å². The third-order valence-corrected chi connectivity index (χ3v) is 18.4. The molecule has 3 aromatic heterocycles. The summed E-state index contributed by atoms with van der Waals surface area (Å²) in [4.78, 5) is 9.10. The van der Waals surface area contributed by atoms with Gasteiger partial charge in [0, 0.05) is 0 Å². The fourth-order valence-electron chi connectivity index (χ4n) is 7.33. The van der Waals surface area contributed by atoms with Gasteiger partial charge in [0.1, 0.15) is 0 Å². The number of hydrogen-bond donors (Lipinski definition) is 4. The summed E-state index contributed by atoms with van der Waals surface area (Å²) in [5, 5.41) is 0. The van der Waals surface area contributed by atoms with Crippen molar-refractivity contribution in [3.63, 3.8) is 0 Å². The maximum absolute atomic E-state index is 12.0. The standard InChI is InChI=1S/C44H28N2O12S4Se2/c47-59(48,49)29-9-1-25(2-10-29)41-33-17-18-34(45-33)42(26-3-11-30(12-4-26)60(50,51)52)39-23-24-40(64-39)44(28-7-15-32(16-8-28)62(56,57)58)36-20-19-35(46-36)43(38-22-21-37(41)63-38)27-5-13-31(14-6-27)61(53,54)55/h1-24H,(H,47,48,49)(H,50,51,52)(H,53,54,55)(H,56,57,58). The van der Waals surface area contributed by atoms with Gasteiger partial charge in [-0.3, -0.25) is 0 Å². The van der Waals surface area contributed by atoms with E-state index in [0.717, 1.165) is 17.0 Å². The van der Waals surface area contributed by atoms with Crippen molar-refractivity contribution in [3.8, 4) is 44.5 Å². The zero-order valence-corrected chi connectivity index (χ0v) is 38.9. The summed E-state index contributed by atoms with van der Waals surface area (Å²) in [7, 11) is -18.1. The van der Waals surface area contributed by atoms with Gasteiger partial charge in [-0.15, -0.1) is 0 Å². The first-order valence-corrected chi connectivity index (χ1v) is 27.7. The third kappa shape index (κ3) is 8.59. The number of rotatable bonds is 8. The van der Waals surface area contributed by atoms with Crippen LogP contribution < -0.4 is 0 Å². The Bertz CT molecular complexity index is 3300. The molecule has 8 bridgehead atoms. The quantitative estimate of drug-likeness (QED) is 0.0840. The molecular weight excluding hydrogens is 1030 g/mol. The van der Waals surface area contributed by atoms with Crippen LogP contribution in [0.1, 0.15) is 22.8 Å². The molecule has 0 fully saturated rings. The summed E-state index contributed by atoms with van der Waals surface area (Å²) < 4.78 is 139. The van der Waals surface area contributed by atoms with Crippen LogP contribution in [-0.2, 0) is 40.5 Å². The summed E-state index contributed by atoms with van der Waals surface area (Å²) >= 11 is -1.04. The first-order chi connectivity index (χ1) is 30.2. The Hall–Kier alpha value is -5.44.